The lowest BCUT2D eigenvalue weighted by Crippen LogP contribution is -2.50. The van der Waals surface area contributed by atoms with Crippen LogP contribution in [0.1, 0.15) is 34.1 Å². The van der Waals surface area contributed by atoms with Crippen LogP contribution in [0.3, 0.4) is 0 Å². The van der Waals surface area contributed by atoms with Crippen LogP contribution < -0.4 is 9.64 Å². The van der Waals surface area contributed by atoms with Gasteiger partial charge in [-0.15, -0.1) is 0 Å². The van der Waals surface area contributed by atoms with Gasteiger partial charge >= 0.3 is 5.97 Å². The zero-order valence-electron chi connectivity index (χ0n) is 11.9. The van der Waals surface area contributed by atoms with Crippen molar-refractivity contribution in [3.63, 3.8) is 0 Å². The number of carbonyl (C=O) groups is 1. The summed E-state index contributed by atoms with van der Waals surface area (Å²) in [5, 5.41) is 9.30. The minimum absolute atomic E-state index is 0.464. The van der Waals surface area contributed by atoms with E-state index in [4.69, 9.17) is 4.74 Å². The van der Waals surface area contributed by atoms with Crippen molar-refractivity contribution < 1.29 is 14.6 Å². The number of likely N-dealkylation sites (N-methyl/N-ethyl adjacent to an activating group) is 1. The summed E-state index contributed by atoms with van der Waals surface area (Å²) >= 11 is 0. The number of rotatable bonds is 7. The Hall–Kier alpha value is -1.85. The second-order valence-corrected chi connectivity index (χ2v) is 4.67. The maximum Gasteiger partial charge on any atom is 0.328 e. The third-order valence-corrected chi connectivity index (χ3v) is 2.87. The number of carboxylic acids is 1. The first-order chi connectivity index (χ1) is 8.93. The second kappa shape index (κ2) is 6.36. The fraction of sp³-hybridized carbons (Fsp3) is 0.615. The summed E-state index contributed by atoms with van der Waals surface area (Å²) in [5.74, 6) is 0.117. The molecule has 1 aromatic heterocycles. The molecule has 6 nitrogen and oxygen atoms in total. The van der Waals surface area contributed by atoms with Crippen molar-refractivity contribution in [2.75, 3.05) is 18.1 Å². The number of carboxylic acid groups (broad SMARTS) is 1. The molecule has 1 N–H and O–H groups in total. The molecule has 0 aromatic carbocycles. The fourth-order valence-electron chi connectivity index (χ4n) is 1.72. The molecule has 106 valence electrons. The topological polar surface area (TPSA) is 75.5 Å². The maximum atomic E-state index is 11.3. The van der Waals surface area contributed by atoms with Gasteiger partial charge in [-0.1, -0.05) is 6.92 Å². The molecule has 0 aliphatic rings. The van der Waals surface area contributed by atoms with Crippen molar-refractivity contribution in [1.29, 1.82) is 0 Å². The second-order valence-electron chi connectivity index (χ2n) is 4.67. The monoisotopic (exact) mass is 267 g/mol. The normalized spacial score (nSPS) is 11.2. The average Bonchev–Trinajstić information content (AvgIpc) is 2.37. The van der Waals surface area contributed by atoms with E-state index in [1.54, 1.807) is 24.8 Å². The summed E-state index contributed by atoms with van der Waals surface area (Å²) in [6, 6.07) is 1.67. The van der Waals surface area contributed by atoms with Gasteiger partial charge in [-0.05, 0) is 27.2 Å². The van der Waals surface area contributed by atoms with Gasteiger partial charge in [0.1, 0.15) is 17.7 Å². The standard InChI is InChI=1S/C13H21N3O3/c1-5-7-19-11-8-10(14-9-15-11)16(6-2)13(3,4)12(17)18/h8-9H,5-7H2,1-4H3,(H,17,18). The van der Waals surface area contributed by atoms with Crippen LogP contribution in [0.4, 0.5) is 5.82 Å². The number of hydrogen-bond donors (Lipinski definition) is 1. The largest absolute Gasteiger partial charge is 0.480 e. The predicted octanol–water partition coefficient (Wildman–Crippen LogP) is 1.95. The van der Waals surface area contributed by atoms with Crippen LogP contribution in [0.15, 0.2) is 12.4 Å². The lowest BCUT2D eigenvalue weighted by atomic mass is 10.0. The molecular weight excluding hydrogens is 246 g/mol. The van der Waals surface area contributed by atoms with Crippen LogP contribution >= 0.6 is 0 Å². The van der Waals surface area contributed by atoms with E-state index in [1.807, 2.05) is 13.8 Å². The van der Waals surface area contributed by atoms with Crippen molar-refractivity contribution >= 4 is 11.8 Å². The number of ether oxygens (including phenoxy) is 1. The van der Waals surface area contributed by atoms with Crippen molar-refractivity contribution in [3.8, 4) is 5.88 Å². The zero-order chi connectivity index (χ0) is 14.5. The van der Waals surface area contributed by atoms with E-state index in [0.29, 0.717) is 24.8 Å². The Labute approximate surface area is 113 Å². The molecule has 0 saturated heterocycles. The number of anilines is 1. The minimum Gasteiger partial charge on any atom is -0.480 e. The van der Waals surface area contributed by atoms with Crippen LogP contribution in [-0.2, 0) is 4.79 Å². The Morgan fingerprint density at radius 1 is 1.42 bits per heavy atom. The van der Waals surface area contributed by atoms with Crippen molar-refractivity contribution in [2.45, 2.75) is 39.7 Å². The van der Waals surface area contributed by atoms with Crippen molar-refractivity contribution in [3.05, 3.63) is 12.4 Å². The lowest BCUT2D eigenvalue weighted by Gasteiger charge is -2.35. The van der Waals surface area contributed by atoms with Gasteiger partial charge in [-0.2, -0.15) is 0 Å². The van der Waals surface area contributed by atoms with E-state index in [-0.39, 0.29) is 0 Å². The van der Waals surface area contributed by atoms with E-state index < -0.39 is 11.5 Å². The minimum atomic E-state index is -1.04. The van der Waals surface area contributed by atoms with Gasteiger partial charge in [0.25, 0.3) is 0 Å². The third-order valence-electron chi connectivity index (χ3n) is 2.87. The molecule has 0 aliphatic heterocycles. The first kappa shape index (κ1) is 15.2. The average molecular weight is 267 g/mol. The Kier molecular flexibility index (Phi) is 5.09. The molecule has 0 fully saturated rings. The van der Waals surface area contributed by atoms with Gasteiger partial charge in [0.2, 0.25) is 5.88 Å². The highest BCUT2D eigenvalue weighted by Crippen LogP contribution is 2.24. The Bertz CT molecular complexity index is 435. The van der Waals surface area contributed by atoms with E-state index in [1.165, 1.54) is 6.33 Å². The molecular formula is C13H21N3O3. The highest BCUT2D eigenvalue weighted by atomic mass is 16.5. The molecule has 0 amide bonds. The van der Waals surface area contributed by atoms with E-state index >= 15 is 0 Å². The molecule has 0 aliphatic carbocycles. The van der Waals surface area contributed by atoms with Crippen LogP contribution in [0.5, 0.6) is 5.88 Å². The van der Waals surface area contributed by atoms with Crippen LogP contribution in [0.2, 0.25) is 0 Å². The molecule has 1 heterocycles. The van der Waals surface area contributed by atoms with Gasteiger partial charge in [0.05, 0.1) is 6.61 Å². The van der Waals surface area contributed by atoms with Gasteiger partial charge in [-0.3, -0.25) is 0 Å². The molecule has 0 unspecified atom stereocenters. The van der Waals surface area contributed by atoms with Gasteiger partial charge in [0.15, 0.2) is 0 Å². The summed E-state index contributed by atoms with van der Waals surface area (Å²) < 4.78 is 5.44. The Morgan fingerprint density at radius 3 is 2.63 bits per heavy atom. The van der Waals surface area contributed by atoms with Gasteiger partial charge in [0, 0.05) is 12.6 Å². The summed E-state index contributed by atoms with van der Waals surface area (Å²) in [7, 11) is 0. The number of hydrogen-bond acceptors (Lipinski definition) is 5. The summed E-state index contributed by atoms with van der Waals surface area (Å²) in [5.41, 5.74) is -1.04. The molecule has 0 bridgehead atoms. The molecule has 1 rings (SSSR count). The van der Waals surface area contributed by atoms with Crippen LogP contribution in [0.25, 0.3) is 0 Å². The molecule has 0 saturated carbocycles. The summed E-state index contributed by atoms with van der Waals surface area (Å²) in [6.07, 6.45) is 2.28. The molecule has 0 radical (unpaired) electrons. The third kappa shape index (κ3) is 3.56. The first-order valence-electron chi connectivity index (χ1n) is 6.39. The van der Waals surface area contributed by atoms with Crippen molar-refractivity contribution in [1.82, 2.24) is 9.97 Å². The lowest BCUT2D eigenvalue weighted by molar-refractivity contribution is -0.142. The van der Waals surface area contributed by atoms with Crippen LogP contribution in [0, 0.1) is 0 Å². The SMILES string of the molecule is CCCOc1cc(N(CC)C(C)(C)C(=O)O)ncn1. The van der Waals surface area contributed by atoms with Gasteiger partial charge in [-0.25, -0.2) is 14.8 Å². The summed E-state index contributed by atoms with van der Waals surface area (Å²) in [6.45, 7) is 8.29. The number of aromatic nitrogens is 2. The summed E-state index contributed by atoms with van der Waals surface area (Å²) in [4.78, 5) is 21.2. The predicted molar refractivity (Wildman–Crippen MR) is 72.6 cm³/mol. The van der Waals surface area contributed by atoms with E-state index in [9.17, 15) is 9.90 Å². The number of aliphatic carboxylic acids is 1. The van der Waals surface area contributed by atoms with Crippen molar-refractivity contribution in [2.24, 2.45) is 0 Å². The van der Waals surface area contributed by atoms with Gasteiger partial charge < -0.3 is 14.7 Å². The number of nitrogens with zero attached hydrogens (tertiary/aromatic N) is 3. The van der Waals surface area contributed by atoms with E-state index in [0.717, 1.165) is 6.42 Å². The van der Waals surface area contributed by atoms with Crippen LogP contribution in [-0.4, -0.2) is 39.7 Å². The molecule has 1 aromatic rings. The maximum absolute atomic E-state index is 11.3. The highest BCUT2D eigenvalue weighted by molar-refractivity contribution is 5.82. The smallest absolute Gasteiger partial charge is 0.328 e. The quantitative estimate of drug-likeness (QED) is 0.813. The fourth-order valence-corrected chi connectivity index (χ4v) is 1.72. The Morgan fingerprint density at radius 2 is 2.11 bits per heavy atom. The first-order valence-corrected chi connectivity index (χ1v) is 6.39. The molecule has 19 heavy (non-hydrogen) atoms. The zero-order valence-corrected chi connectivity index (χ0v) is 11.9. The molecule has 0 atom stereocenters. The molecule has 6 heteroatoms. The Balaban J connectivity index is 3.02. The molecule has 0 spiro atoms. The van der Waals surface area contributed by atoms with E-state index in [2.05, 4.69) is 9.97 Å². The highest BCUT2D eigenvalue weighted by Gasteiger charge is 2.34.